The predicted octanol–water partition coefficient (Wildman–Crippen LogP) is 2.01. The lowest BCUT2D eigenvalue weighted by Crippen LogP contribution is -2.46. The molecule has 6 atom stereocenters. The fourth-order valence-electron chi connectivity index (χ4n) is 4.40. The van der Waals surface area contributed by atoms with Gasteiger partial charge in [-0.25, -0.2) is 9.37 Å². The van der Waals surface area contributed by atoms with Crippen molar-refractivity contribution in [2.24, 2.45) is 4.85 Å². The second-order valence-corrected chi connectivity index (χ2v) is 11.3. The third-order valence-electron chi connectivity index (χ3n) is 6.71. The zero-order chi connectivity index (χ0) is 31.5. The summed E-state index contributed by atoms with van der Waals surface area (Å²) in [5.41, 5.74) is 7.63. The molecular weight excluding hydrogens is 586 g/mol. The minimum atomic E-state index is -2.53. The number of benzene rings is 1. The summed E-state index contributed by atoms with van der Waals surface area (Å²) < 4.78 is 39.3. The number of imidazole rings is 1. The van der Waals surface area contributed by atoms with Crippen molar-refractivity contribution in [1.29, 1.82) is 0 Å². The van der Waals surface area contributed by atoms with E-state index < -0.39 is 44.3 Å². The van der Waals surface area contributed by atoms with E-state index in [1.54, 1.807) is 51.9 Å². The zero-order valence-electron chi connectivity index (χ0n) is 24.7. The lowest BCUT2D eigenvalue weighted by molar-refractivity contribution is -0.169. The van der Waals surface area contributed by atoms with Gasteiger partial charge in [-0.2, -0.15) is 15.4 Å². The number of fused-ring (bicyclic) bond motifs is 1. The Balaban J connectivity index is 1.41. The Morgan fingerprint density at radius 1 is 1.30 bits per heavy atom. The molecule has 1 unspecified atom stereocenters. The van der Waals surface area contributed by atoms with Crippen LogP contribution in [0.15, 0.2) is 35.4 Å². The number of nitrogens with one attached hydrogen (secondary N) is 1. The quantitative estimate of drug-likeness (QED) is 0.151. The Hall–Kier alpha value is -3.69. The van der Waals surface area contributed by atoms with E-state index in [0.717, 1.165) is 0 Å². The summed E-state index contributed by atoms with van der Waals surface area (Å²) >= 11 is 0. The summed E-state index contributed by atoms with van der Waals surface area (Å²) in [4.78, 5) is 42.2. The highest BCUT2D eigenvalue weighted by Gasteiger charge is 2.56. The first-order valence-electron chi connectivity index (χ1n) is 13.6. The van der Waals surface area contributed by atoms with Crippen LogP contribution in [0.25, 0.3) is 11.2 Å². The molecule has 1 saturated heterocycles. The highest BCUT2D eigenvalue weighted by Crippen LogP contribution is 2.43. The molecule has 0 spiro atoms. The number of hydrogen-bond donors (Lipinski definition) is 3. The standard InChI is InChI=1S/C26H36FN8O7P/c1-7-26(12-39-16-8-10-17(11-9-16)42-43(38)33-32-15(4)24(37)40-14(2)3)20(36)18(27)23(41-26)35-13-29-19-21(34(5)6)30-25(28)31-22(19)35/h8-11,13-15,18,20,23,32,36H,7,12H2,1-6H3,(H2,28,30,31)/t15-,18-,20-,23+,26+/m0/s1. The van der Waals surface area contributed by atoms with Crippen LogP contribution in [0, 0.1) is 0 Å². The fourth-order valence-corrected chi connectivity index (χ4v) is 5.01. The number of anilines is 2. The molecule has 1 aliphatic rings. The minimum absolute atomic E-state index is 0.0141. The van der Waals surface area contributed by atoms with E-state index >= 15 is 4.39 Å². The van der Waals surface area contributed by atoms with Crippen molar-refractivity contribution < 1.29 is 37.9 Å². The van der Waals surface area contributed by atoms with Crippen LogP contribution in [0.3, 0.4) is 0 Å². The Morgan fingerprint density at radius 2 is 1.98 bits per heavy atom. The average molecular weight is 623 g/mol. The van der Waals surface area contributed by atoms with Crippen LogP contribution < -0.4 is 30.2 Å². The van der Waals surface area contributed by atoms with Crippen molar-refractivity contribution in [2.45, 2.75) is 70.4 Å². The van der Waals surface area contributed by atoms with E-state index in [0.29, 0.717) is 17.1 Å². The second kappa shape index (κ2) is 13.3. The van der Waals surface area contributed by atoms with Crippen LogP contribution in [0.4, 0.5) is 16.2 Å². The number of aliphatic hydroxyl groups is 1. The number of nitrogens with two attached hydrogens (primary N) is 1. The van der Waals surface area contributed by atoms with Gasteiger partial charge in [0.25, 0.3) is 0 Å². The number of halogens is 1. The van der Waals surface area contributed by atoms with Crippen molar-refractivity contribution in [1.82, 2.24) is 24.9 Å². The van der Waals surface area contributed by atoms with E-state index in [-0.39, 0.29) is 36.5 Å². The maximum absolute atomic E-state index is 15.6. The summed E-state index contributed by atoms with van der Waals surface area (Å²) in [7, 11) is 1.01. The van der Waals surface area contributed by atoms with Crippen molar-refractivity contribution in [3.05, 3.63) is 30.6 Å². The number of alkyl halides is 1. The van der Waals surface area contributed by atoms with Gasteiger partial charge in [-0.3, -0.25) is 13.9 Å². The number of aromatic nitrogens is 4. The molecule has 1 aromatic carbocycles. The molecule has 4 rings (SSSR count). The monoisotopic (exact) mass is 622 g/mol. The molecule has 234 valence electrons. The Kier molecular flexibility index (Phi) is 9.97. The van der Waals surface area contributed by atoms with E-state index in [2.05, 4.69) is 25.2 Å². The first-order chi connectivity index (χ1) is 20.3. The van der Waals surface area contributed by atoms with Crippen LogP contribution in [-0.2, 0) is 14.3 Å². The highest BCUT2D eigenvalue weighted by atomic mass is 31.1. The maximum Gasteiger partial charge on any atom is 0.412 e. The van der Waals surface area contributed by atoms with Gasteiger partial charge in [0, 0.05) is 18.9 Å². The van der Waals surface area contributed by atoms with Crippen molar-refractivity contribution >= 4 is 37.1 Å². The number of nitrogens with zero attached hydrogens (tertiary/aromatic N) is 6. The molecule has 1 fully saturated rings. The van der Waals surface area contributed by atoms with E-state index in [4.69, 9.17) is 24.5 Å². The Bertz CT molecular complexity index is 1460. The molecule has 3 heterocycles. The Labute approximate surface area is 248 Å². The minimum Gasteiger partial charge on any atom is -0.574 e. The fraction of sp³-hybridized carbons (Fsp3) is 0.538. The number of nitrogen functional groups attached to an aromatic ring is 1. The van der Waals surface area contributed by atoms with E-state index in [1.165, 1.54) is 30.0 Å². The van der Waals surface area contributed by atoms with Gasteiger partial charge in [0.15, 0.2) is 35.1 Å². The lowest BCUT2D eigenvalue weighted by atomic mass is 9.94. The number of esters is 1. The van der Waals surface area contributed by atoms with Crippen LogP contribution in [0.1, 0.15) is 40.3 Å². The topological polar surface area (TPSA) is 195 Å². The summed E-state index contributed by atoms with van der Waals surface area (Å²) in [6, 6.07) is 5.30. The zero-order valence-corrected chi connectivity index (χ0v) is 25.6. The molecule has 0 saturated carbocycles. The molecule has 4 N–H and O–H groups in total. The summed E-state index contributed by atoms with van der Waals surface area (Å²) in [5, 5.41) is 11.0. The van der Waals surface area contributed by atoms with Gasteiger partial charge < -0.3 is 34.8 Å². The first-order valence-corrected chi connectivity index (χ1v) is 14.7. The number of aliphatic hydroxyl groups excluding tert-OH is 1. The van der Waals surface area contributed by atoms with Crippen LogP contribution in [0.2, 0.25) is 0 Å². The smallest absolute Gasteiger partial charge is 0.412 e. The van der Waals surface area contributed by atoms with Gasteiger partial charge in [-0.1, -0.05) is 6.92 Å². The molecule has 0 aliphatic carbocycles. The first kappa shape index (κ1) is 32.2. The number of rotatable bonds is 12. The predicted molar refractivity (Wildman–Crippen MR) is 154 cm³/mol. The summed E-state index contributed by atoms with van der Waals surface area (Å²) in [6.07, 6.45) is -3.26. The van der Waals surface area contributed by atoms with Crippen molar-refractivity contribution in [3.63, 3.8) is 0 Å². The molecule has 0 bridgehead atoms. The molecule has 17 heteroatoms. The van der Waals surface area contributed by atoms with Gasteiger partial charge in [-0.15, -0.1) is 0 Å². The number of hydrogen-bond acceptors (Lipinski definition) is 13. The van der Waals surface area contributed by atoms with Gasteiger partial charge in [-0.05, 0) is 51.5 Å². The van der Waals surface area contributed by atoms with E-state index in [9.17, 15) is 14.8 Å². The van der Waals surface area contributed by atoms with Crippen LogP contribution in [-0.4, -0.2) is 81.3 Å². The third-order valence-corrected chi connectivity index (χ3v) is 7.36. The summed E-state index contributed by atoms with van der Waals surface area (Å²) in [5.74, 6) is 0.510. The third kappa shape index (κ3) is 7.11. The SMILES string of the molecule is CC[C@]1(COc2ccc(O/[P+]([O-])=N/N[C@@H](C)C(=O)OC(C)C)cc2)O[C@@H](n2cnc3c(N(C)C)nc(N)nc32)[C@@H](F)[C@@H]1O. The summed E-state index contributed by atoms with van der Waals surface area (Å²) in [6.45, 7) is 6.54. The Morgan fingerprint density at radius 3 is 2.60 bits per heavy atom. The van der Waals surface area contributed by atoms with Gasteiger partial charge in [0.05, 0.1) is 12.4 Å². The normalized spacial score (nSPS) is 23.0. The molecule has 0 amide bonds. The van der Waals surface area contributed by atoms with Gasteiger partial charge in [0.1, 0.15) is 30.1 Å². The molecular formula is C26H36FN8O7P. The number of carbonyl (C=O) groups excluding carboxylic acids is 1. The van der Waals surface area contributed by atoms with Crippen molar-refractivity contribution in [3.8, 4) is 11.5 Å². The number of carbonyl (C=O) groups is 1. The average Bonchev–Trinajstić information content (AvgIpc) is 3.48. The largest absolute Gasteiger partial charge is 0.574 e. The molecule has 0 radical (unpaired) electrons. The lowest BCUT2D eigenvalue weighted by Gasteiger charge is -2.30. The molecule has 3 aromatic rings. The van der Waals surface area contributed by atoms with Gasteiger partial charge >= 0.3 is 14.1 Å². The molecule has 43 heavy (non-hydrogen) atoms. The molecule has 15 nitrogen and oxygen atoms in total. The van der Waals surface area contributed by atoms with Crippen LogP contribution >= 0.6 is 8.17 Å². The highest BCUT2D eigenvalue weighted by molar-refractivity contribution is 7.33. The van der Waals surface area contributed by atoms with E-state index in [1.807, 2.05) is 0 Å². The second-order valence-electron chi connectivity index (χ2n) is 10.5. The van der Waals surface area contributed by atoms with Crippen LogP contribution in [0.5, 0.6) is 11.5 Å². The van der Waals surface area contributed by atoms with Crippen molar-refractivity contribution in [2.75, 3.05) is 31.3 Å². The molecule has 2 aromatic heterocycles. The molecule has 1 aliphatic heterocycles. The maximum atomic E-state index is 15.6. The van der Waals surface area contributed by atoms with Gasteiger partial charge in [0.2, 0.25) is 5.95 Å². The number of ether oxygens (including phenoxy) is 3.